The highest BCUT2D eigenvalue weighted by Crippen LogP contribution is 2.56. The SMILES string of the molecule is CNC(=O)[C@@H](NC(=O)C1(F)CN(C(=O)c2cnn(Cc3ccccc3)c2)CC12CN(C(=O)[C@H]1CC1(C)C)C2)[C@@H](C)OCC1CCCCC1. The molecule has 11 nitrogen and oxygen atoms in total. The number of amides is 4. The largest absolute Gasteiger partial charge is 0.376 e. The summed E-state index contributed by atoms with van der Waals surface area (Å²) in [5, 5.41) is 9.60. The Bertz CT molecular complexity index is 1520. The number of likely N-dealkylation sites (N-methyl/N-ethyl adjacent to an activating group) is 1. The Hall–Kier alpha value is -3.80. The molecule has 6 rings (SSSR count). The molecule has 2 aromatic rings. The number of rotatable bonds is 11. The van der Waals surface area contributed by atoms with Gasteiger partial charge in [-0.25, -0.2) is 4.39 Å². The summed E-state index contributed by atoms with van der Waals surface area (Å²) in [5.74, 6) is -1.70. The van der Waals surface area contributed by atoms with Gasteiger partial charge in [0.1, 0.15) is 6.04 Å². The number of hydrogen-bond donors (Lipinski definition) is 2. The van der Waals surface area contributed by atoms with Crippen molar-refractivity contribution in [3.8, 4) is 0 Å². The smallest absolute Gasteiger partial charge is 0.261 e. The van der Waals surface area contributed by atoms with Crippen LogP contribution in [0.1, 0.15) is 75.2 Å². The van der Waals surface area contributed by atoms with Crippen LogP contribution in [0.4, 0.5) is 4.39 Å². The summed E-state index contributed by atoms with van der Waals surface area (Å²) < 4.78 is 25.3. The van der Waals surface area contributed by atoms with Gasteiger partial charge in [0.05, 0.1) is 36.4 Å². The molecule has 2 saturated heterocycles. The Labute approximate surface area is 281 Å². The quantitative estimate of drug-likeness (QED) is 0.380. The van der Waals surface area contributed by atoms with Crippen LogP contribution in [-0.2, 0) is 25.7 Å². The third-order valence-electron chi connectivity index (χ3n) is 11.2. The number of nitrogens with zero attached hydrogens (tertiary/aromatic N) is 4. The number of aromatic nitrogens is 2. The Balaban J connectivity index is 1.20. The van der Waals surface area contributed by atoms with E-state index in [0.29, 0.717) is 19.1 Å². The molecule has 0 bridgehead atoms. The summed E-state index contributed by atoms with van der Waals surface area (Å²) in [5.41, 5.74) is -2.67. The minimum atomic E-state index is -2.55. The molecule has 0 radical (unpaired) electrons. The maximum Gasteiger partial charge on any atom is 0.261 e. The van der Waals surface area contributed by atoms with Crippen molar-refractivity contribution in [2.75, 3.05) is 39.8 Å². The van der Waals surface area contributed by atoms with Crippen molar-refractivity contribution in [2.24, 2.45) is 22.7 Å². The molecule has 48 heavy (non-hydrogen) atoms. The first kappa shape index (κ1) is 34.1. The lowest BCUT2D eigenvalue weighted by molar-refractivity contribution is -0.164. The van der Waals surface area contributed by atoms with Crippen LogP contribution < -0.4 is 10.6 Å². The molecule has 260 valence electrons. The fraction of sp³-hybridized carbons (Fsp3) is 0.639. The molecule has 12 heteroatoms. The minimum absolute atomic E-state index is 0.0117. The number of likely N-dealkylation sites (tertiary alicyclic amines) is 2. The van der Waals surface area contributed by atoms with E-state index >= 15 is 4.39 Å². The van der Waals surface area contributed by atoms with Gasteiger partial charge in [-0.2, -0.15) is 5.10 Å². The van der Waals surface area contributed by atoms with E-state index in [1.54, 1.807) is 22.7 Å². The minimum Gasteiger partial charge on any atom is -0.376 e. The lowest BCUT2D eigenvalue weighted by atomic mass is 9.68. The zero-order valence-corrected chi connectivity index (χ0v) is 28.5. The standard InChI is InChI=1S/C36H49FN6O5/c1-24(48-19-26-13-9-6-10-14-26)29(30(44)38-4)40-33(47)36(37)23-42(22-35(36)20-41(21-35)32(46)28-15-34(28,2)3)31(45)27-16-39-43(18-27)17-25-11-7-5-8-12-25/h5,7-8,11-12,16,18,24,26,28-29H,6,9-10,13-15,17,19-23H2,1-4H3,(H,38,44)(H,40,47)/t24-,28-,29+,36?/m1/s1. The molecule has 4 amide bonds. The summed E-state index contributed by atoms with van der Waals surface area (Å²) in [7, 11) is 1.46. The molecule has 4 aliphatic rings. The Morgan fingerprint density at radius 1 is 1.02 bits per heavy atom. The second-order valence-electron chi connectivity index (χ2n) is 15.2. The van der Waals surface area contributed by atoms with E-state index in [4.69, 9.17) is 4.74 Å². The summed E-state index contributed by atoms with van der Waals surface area (Å²) >= 11 is 0. The van der Waals surface area contributed by atoms with Gasteiger partial charge in [-0.3, -0.25) is 23.9 Å². The van der Waals surface area contributed by atoms with Crippen LogP contribution in [0.15, 0.2) is 42.7 Å². The van der Waals surface area contributed by atoms with E-state index < -0.39 is 47.5 Å². The molecular formula is C36H49FN6O5. The normalized spacial score (nSPS) is 25.6. The molecule has 2 aliphatic carbocycles. The van der Waals surface area contributed by atoms with Crippen molar-refractivity contribution in [2.45, 2.75) is 83.7 Å². The second kappa shape index (κ2) is 13.2. The first-order valence-corrected chi connectivity index (χ1v) is 17.3. The fourth-order valence-electron chi connectivity index (χ4n) is 7.79. The maximum atomic E-state index is 17.6. The van der Waals surface area contributed by atoms with E-state index in [-0.39, 0.29) is 42.4 Å². The molecule has 1 spiro atoms. The summed E-state index contributed by atoms with van der Waals surface area (Å²) in [6, 6.07) is 8.56. The number of halogens is 1. The molecule has 4 atom stereocenters. The predicted octanol–water partition coefficient (Wildman–Crippen LogP) is 3.19. The average molecular weight is 665 g/mol. The van der Waals surface area contributed by atoms with Gasteiger partial charge in [0, 0.05) is 45.4 Å². The van der Waals surface area contributed by atoms with Crippen LogP contribution in [0, 0.1) is 22.7 Å². The summed E-state index contributed by atoms with van der Waals surface area (Å²) in [6.07, 6.45) is 8.75. The van der Waals surface area contributed by atoms with Gasteiger partial charge in [-0.05, 0) is 43.1 Å². The van der Waals surface area contributed by atoms with Gasteiger partial charge in [0.25, 0.3) is 11.8 Å². The van der Waals surface area contributed by atoms with Crippen LogP contribution in [0.3, 0.4) is 0 Å². The van der Waals surface area contributed by atoms with Crippen LogP contribution in [0.25, 0.3) is 0 Å². The Morgan fingerprint density at radius 2 is 1.69 bits per heavy atom. The van der Waals surface area contributed by atoms with Crippen molar-refractivity contribution in [3.05, 3.63) is 53.9 Å². The van der Waals surface area contributed by atoms with Crippen molar-refractivity contribution < 1.29 is 28.3 Å². The summed E-state index contributed by atoms with van der Waals surface area (Å²) in [6.45, 7) is 6.17. The average Bonchev–Trinajstić information content (AvgIpc) is 3.35. The number of carbonyl (C=O) groups excluding carboxylic acids is 4. The van der Waals surface area contributed by atoms with Gasteiger partial charge < -0.3 is 25.2 Å². The topological polar surface area (TPSA) is 126 Å². The van der Waals surface area contributed by atoms with Gasteiger partial charge in [-0.15, -0.1) is 0 Å². The van der Waals surface area contributed by atoms with Gasteiger partial charge >= 0.3 is 0 Å². The molecule has 1 aromatic carbocycles. The van der Waals surface area contributed by atoms with E-state index in [0.717, 1.165) is 37.7 Å². The number of nitrogens with one attached hydrogen (secondary N) is 2. The molecule has 2 N–H and O–H groups in total. The third kappa shape index (κ3) is 6.60. The van der Waals surface area contributed by atoms with Gasteiger partial charge in [-0.1, -0.05) is 63.4 Å². The van der Waals surface area contributed by atoms with E-state index in [1.807, 2.05) is 44.2 Å². The lowest BCUT2D eigenvalue weighted by Crippen LogP contribution is -2.71. The molecule has 1 aromatic heterocycles. The number of benzene rings is 1. The third-order valence-corrected chi connectivity index (χ3v) is 11.2. The lowest BCUT2D eigenvalue weighted by Gasteiger charge is -2.52. The highest BCUT2D eigenvalue weighted by molar-refractivity contribution is 5.97. The van der Waals surface area contributed by atoms with Crippen LogP contribution >= 0.6 is 0 Å². The fourth-order valence-corrected chi connectivity index (χ4v) is 7.79. The molecule has 3 heterocycles. The first-order valence-electron chi connectivity index (χ1n) is 17.3. The van der Waals surface area contributed by atoms with Crippen molar-refractivity contribution in [1.29, 1.82) is 0 Å². The first-order chi connectivity index (χ1) is 22.9. The van der Waals surface area contributed by atoms with E-state index in [1.165, 1.54) is 24.6 Å². The molecule has 4 fully saturated rings. The molecule has 2 saturated carbocycles. The van der Waals surface area contributed by atoms with Crippen LogP contribution in [0.5, 0.6) is 0 Å². The van der Waals surface area contributed by atoms with E-state index in [9.17, 15) is 19.2 Å². The van der Waals surface area contributed by atoms with Crippen LogP contribution in [0.2, 0.25) is 0 Å². The number of alkyl halides is 1. The Morgan fingerprint density at radius 3 is 2.33 bits per heavy atom. The van der Waals surface area contributed by atoms with Crippen molar-refractivity contribution >= 4 is 23.6 Å². The number of ether oxygens (including phenoxy) is 1. The highest BCUT2D eigenvalue weighted by Gasteiger charge is 2.70. The van der Waals surface area contributed by atoms with Gasteiger partial charge in [0.2, 0.25) is 17.5 Å². The van der Waals surface area contributed by atoms with Crippen molar-refractivity contribution in [3.63, 3.8) is 0 Å². The second-order valence-corrected chi connectivity index (χ2v) is 15.2. The summed E-state index contributed by atoms with van der Waals surface area (Å²) in [4.78, 5) is 57.1. The number of hydrogen-bond acceptors (Lipinski definition) is 6. The van der Waals surface area contributed by atoms with Gasteiger partial charge in [0.15, 0.2) is 0 Å². The predicted molar refractivity (Wildman–Crippen MR) is 176 cm³/mol. The van der Waals surface area contributed by atoms with Crippen molar-refractivity contribution in [1.82, 2.24) is 30.2 Å². The highest BCUT2D eigenvalue weighted by atomic mass is 19.1. The van der Waals surface area contributed by atoms with E-state index in [2.05, 4.69) is 15.7 Å². The molecule has 1 unspecified atom stereocenters. The Kier molecular flexibility index (Phi) is 9.41. The number of carbonyl (C=O) groups is 4. The molecular weight excluding hydrogens is 615 g/mol. The maximum absolute atomic E-state index is 17.6. The zero-order valence-electron chi connectivity index (χ0n) is 28.5. The van der Waals surface area contributed by atoms with Crippen LogP contribution in [-0.4, -0.2) is 101 Å². The zero-order chi connectivity index (χ0) is 34.3. The molecule has 2 aliphatic heterocycles. The monoisotopic (exact) mass is 664 g/mol.